The Bertz CT molecular complexity index is 589. The van der Waals surface area contributed by atoms with E-state index in [1.54, 1.807) is 24.5 Å². The Labute approximate surface area is 120 Å². The molecule has 0 radical (unpaired) electrons. The maximum atomic E-state index is 12.2. The van der Waals surface area contributed by atoms with Gasteiger partial charge in [-0.3, -0.25) is 4.79 Å². The summed E-state index contributed by atoms with van der Waals surface area (Å²) in [6.45, 7) is 3.99. The van der Waals surface area contributed by atoms with Crippen molar-refractivity contribution in [2.45, 2.75) is 19.9 Å². The largest absolute Gasteiger partial charge is 0.397 e. The van der Waals surface area contributed by atoms with Gasteiger partial charge in [0.05, 0.1) is 5.69 Å². The van der Waals surface area contributed by atoms with Crippen LogP contribution in [0.1, 0.15) is 30.4 Å². The standard InChI is InChI=1S/C13H15BrN4O/c1-8(2)18-7-10(15)5-11(18)13(19)17-12-4-3-9(14)6-16-12/h3-8H,15H2,1-2H3,(H,16,17,19). The molecule has 19 heavy (non-hydrogen) atoms. The molecule has 1 amide bonds. The van der Waals surface area contributed by atoms with Crippen molar-refractivity contribution in [1.82, 2.24) is 9.55 Å². The van der Waals surface area contributed by atoms with Gasteiger partial charge in [0.25, 0.3) is 5.91 Å². The van der Waals surface area contributed by atoms with Crippen LogP contribution in [0.25, 0.3) is 0 Å². The van der Waals surface area contributed by atoms with Gasteiger partial charge < -0.3 is 15.6 Å². The second kappa shape index (κ2) is 5.44. The summed E-state index contributed by atoms with van der Waals surface area (Å²) in [5.41, 5.74) is 6.84. The minimum absolute atomic E-state index is 0.163. The van der Waals surface area contributed by atoms with Crippen molar-refractivity contribution >= 4 is 33.3 Å². The van der Waals surface area contributed by atoms with Gasteiger partial charge in [0.15, 0.2) is 0 Å². The SMILES string of the molecule is CC(C)n1cc(N)cc1C(=O)Nc1ccc(Br)cn1. The molecule has 0 bridgehead atoms. The molecule has 0 saturated carbocycles. The number of aromatic nitrogens is 2. The van der Waals surface area contributed by atoms with Crippen molar-refractivity contribution in [2.75, 3.05) is 11.1 Å². The fourth-order valence-corrected chi connectivity index (χ4v) is 1.97. The molecule has 3 N–H and O–H groups in total. The predicted octanol–water partition coefficient (Wildman–Crippen LogP) is 3.06. The third-order valence-corrected chi connectivity index (χ3v) is 3.10. The molecular weight excluding hydrogens is 308 g/mol. The molecule has 100 valence electrons. The quantitative estimate of drug-likeness (QED) is 0.912. The summed E-state index contributed by atoms with van der Waals surface area (Å²) in [4.78, 5) is 16.3. The van der Waals surface area contributed by atoms with Gasteiger partial charge in [0.2, 0.25) is 0 Å². The van der Waals surface area contributed by atoms with Gasteiger partial charge in [-0.15, -0.1) is 0 Å². The number of carbonyl (C=O) groups is 1. The molecule has 0 spiro atoms. The van der Waals surface area contributed by atoms with E-state index >= 15 is 0 Å². The number of nitrogens with one attached hydrogen (secondary N) is 1. The minimum Gasteiger partial charge on any atom is -0.397 e. The number of hydrogen-bond donors (Lipinski definition) is 2. The number of anilines is 2. The molecule has 0 fully saturated rings. The van der Waals surface area contributed by atoms with E-state index in [0.717, 1.165) is 4.47 Å². The van der Waals surface area contributed by atoms with E-state index in [4.69, 9.17) is 5.73 Å². The van der Waals surface area contributed by atoms with E-state index in [2.05, 4.69) is 26.2 Å². The van der Waals surface area contributed by atoms with Gasteiger partial charge >= 0.3 is 0 Å². The lowest BCUT2D eigenvalue weighted by Crippen LogP contribution is -2.18. The van der Waals surface area contributed by atoms with Crippen molar-refractivity contribution < 1.29 is 4.79 Å². The van der Waals surface area contributed by atoms with Gasteiger partial charge in [0.1, 0.15) is 11.5 Å². The molecule has 0 unspecified atom stereocenters. The van der Waals surface area contributed by atoms with Crippen LogP contribution in [0.2, 0.25) is 0 Å². The Morgan fingerprint density at radius 1 is 1.47 bits per heavy atom. The molecule has 2 rings (SSSR count). The van der Waals surface area contributed by atoms with Crippen molar-refractivity contribution in [3.05, 3.63) is 40.8 Å². The Hall–Kier alpha value is -1.82. The fraction of sp³-hybridized carbons (Fsp3) is 0.231. The van der Waals surface area contributed by atoms with E-state index in [1.807, 2.05) is 24.5 Å². The molecule has 0 saturated heterocycles. The number of nitrogens with zero attached hydrogens (tertiary/aromatic N) is 2. The van der Waals surface area contributed by atoms with Crippen molar-refractivity contribution in [3.8, 4) is 0 Å². The monoisotopic (exact) mass is 322 g/mol. The average Bonchev–Trinajstić information content (AvgIpc) is 2.74. The second-order valence-corrected chi connectivity index (χ2v) is 5.39. The molecule has 0 aliphatic carbocycles. The fourth-order valence-electron chi connectivity index (χ4n) is 1.74. The number of rotatable bonds is 3. The highest BCUT2D eigenvalue weighted by Gasteiger charge is 2.15. The number of nitrogen functional groups attached to an aromatic ring is 1. The molecule has 5 nitrogen and oxygen atoms in total. The first-order chi connectivity index (χ1) is 8.97. The molecule has 0 aliphatic rings. The maximum Gasteiger partial charge on any atom is 0.273 e. The van der Waals surface area contributed by atoms with Crippen molar-refractivity contribution in [2.24, 2.45) is 0 Å². The highest BCUT2D eigenvalue weighted by molar-refractivity contribution is 9.10. The van der Waals surface area contributed by atoms with Gasteiger partial charge in [-0.25, -0.2) is 4.98 Å². The van der Waals surface area contributed by atoms with Crippen LogP contribution in [0, 0.1) is 0 Å². The van der Waals surface area contributed by atoms with Gasteiger partial charge in [-0.2, -0.15) is 0 Å². The first-order valence-electron chi connectivity index (χ1n) is 5.87. The highest BCUT2D eigenvalue weighted by Crippen LogP contribution is 2.18. The summed E-state index contributed by atoms with van der Waals surface area (Å²) in [7, 11) is 0. The maximum absolute atomic E-state index is 12.2. The predicted molar refractivity (Wildman–Crippen MR) is 79.1 cm³/mol. The first kappa shape index (κ1) is 13.6. The van der Waals surface area contributed by atoms with Crippen LogP contribution in [-0.4, -0.2) is 15.5 Å². The average molecular weight is 323 g/mol. The van der Waals surface area contributed by atoms with Gasteiger partial charge in [-0.05, 0) is 48.0 Å². The molecule has 2 aromatic rings. The summed E-state index contributed by atoms with van der Waals surface area (Å²) in [6.07, 6.45) is 3.39. The normalized spacial score (nSPS) is 10.7. The van der Waals surface area contributed by atoms with E-state index in [1.165, 1.54) is 0 Å². The van der Waals surface area contributed by atoms with Crippen LogP contribution in [0.3, 0.4) is 0 Å². The molecular formula is C13H15BrN4O. The Balaban J connectivity index is 2.22. The summed E-state index contributed by atoms with van der Waals surface area (Å²) in [6, 6.07) is 5.37. The molecule has 2 heterocycles. The molecule has 0 aromatic carbocycles. The van der Waals surface area contributed by atoms with Gasteiger partial charge in [0, 0.05) is 22.9 Å². The smallest absolute Gasteiger partial charge is 0.273 e. The zero-order chi connectivity index (χ0) is 14.0. The second-order valence-electron chi connectivity index (χ2n) is 4.48. The van der Waals surface area contributed by atoms with E-state index in [9.17, 15) is 4.79 Å². The molecule has 6 heteroatoms. The van der Waals surface area contributed by atoms with E-state index in [0.29, 0.717) is 17.2 Å². The lowest BCUT2D eigenvalue weighted by atomic mass is 10.3. The summed E-state index contributed by atoms with van der Waals surface area (Å²) in [5, 5.41) is 2.75. The van der Waals surface area contributed by atoms with E-state index in [-0.39, 0.29) is 11.9 Å². The van der Waals surface area contributed by atoms with Crippen LogP contribution in [0.4, 0.5) is 11.5 Å². The zero-order valence-electron chi connectivity index (χ0n) is 10.7. The number of nitrogens with two attached hydrogens (primary N) is 1. The first-order valence-corrected chi connectivity index (χ1v) is 6.67. The molecule has 0 aliphatic heterocycles. The minimum atomic E-state index is -0.222. The molecule has 2 aromatic heterocycles. The third-order valence-electron chi connectivity index (χ3n) is 2.63. The lowest BCUT2D eigenvalue weighted by Gasteiger charge is -2.12. The number of hydrogen-bond acceptors (Lipinski definition) is 3. The molecule has 0 atom stereocenters. The topological polar surface area (TPSA) is 72.9 Å². The van der Waals surface area contributed by atoms with E-state index < -0.39 is 0 Å². The summed E-state index contributed by atoms with van der Waals surface area (Å²) in [5.74, 6) is 0.281. The zero-order valence-corrected chi connectivity index (χ0v) is 12.3. The summed E-state index contributed by atoms with van der Waals surface area (Å²) >= 11 is 3.29. The van der Waals surface area contributed by atoms with Crippen LogP contribution in [-0.2, 0) is 0 Å². The number of pyridine rings is 1. The van der Waals surface area contributed by atoms with Crippen LogP contribution < -0.4 is 11.1 Å². The van der Waals surface area contributed by atoms with Gasteiger partial charge in [-0.1, -0.05) is 0 Å². The number of amides is 1. The summed E-state index contributed by atoms with van der Waals surface area (Å²) < 4.78 is 2.70. The number of halogens is 1. The third kappa shape index (κ3) is 3.14. The Morgan fingerprint density at radius 3 is 2.79 bits per heavy atom. The highest BCUT2D eigenvalue weighted by atomic mass is 79.9. The van der Waals surface area contributed by atoms with Crippen LogP contribution >= 0.6 is 15.9 Å². The number of carbonyl (C=O) groups excluding carboxylic acids is 1. The Kier molecular flexibility index (Phi) is 3.90. The van der Waals surface area contributed by atoms with Crippen molar-refractivity contribution in [1.29, 1.82) is 0 Å². The Morgan fingerprint density at radius 2 is 2.21 bits per heavy atom. The lowest BCUT2D eigenvalue weighted by molar-refractivity contribution is 0.101. The van der Waals surface area contributed by atoms with Crippen LogP contribution in [0.5, 0.6) is 0 Å². The van der Waals surface area contributed by atoms with Crippen molar-refractivity contribution in [3.63, 3.8) is 0 Å². The van der Waals surface area contributed by atoms with Crippen LogP contribution in [0.15, 0.2) is 35.1 Å².